The Morgan fingerprint density at radius 1 is 1.40 bits per heavy atom. The minimum atomic E-state index is 0.246. The van der Waals surface area contributed by atoms with E-state index in [2.05, 4.69) is 19.2 Å². The molecule has 3 heteroatoms. The number of amides is 1. The van der Waals surface area contributed by atoms with Gasteiger partial charge in [-0.3, -0.25) is 4.79 Å². The fourth-order valence-electron chi connectivity index (χ4n) is 2.18. The summed E-state index contributed by atoms with van der Waals surface area (Å²) >= 11 is 5.73. The lowest BCUT2D eigenvalue weighted by atomic mass is 10.00. The predicted octanol–water partition coefficient (Wildman–Crippen LogP) is 2.95. The van der Waals surface area contributed by atoms with Gasteiger partial charge in [-0.2, -0.15) is 0 Å². The maximum Gasteiger partial charge on any atom is 0.223 e. The van der Waals surface area contributed by atoms with E-state index in [4.69, 9.17) is 11.6 Å². The van der Waals surface area contributed by atoms with E-state index in [0.717, 1.165) is 19.3 Å². The van der Waals surface area contributed by atoms with Crippen LogP contribution in [0.3, 0.4) is 0 Å². The van der Waals surface area contributed by atoms with E-state index in [1.807, 2.05) is 0 Å². The first-order valence-electron chi connectivity index (χ1n) is 6.01. The van der Waals surface area contributed by atoms with Gasteiger partial charge < -0.3 is 5.32 Å². The third-order valence-electron chi connectivity index (χ3n) is 3.28. The summed E-state index contributed by atoms with van der Waals surface area (Å²) in [5, 5.41) is 3.14. The lowest BCUT2D eigenvalue weighted by molar-refractivity contribution is -0.125. The number of rotatable bonds is 5. The summed E-state index contributed by atoms with van der Waals surface area (Å²) in [5.41, 5.74) is 0. The van der Waals surface area contributed by atoms with Crippen LogP contribution in [0.15, 0.2) is 0 Å². The topological polar surface area (TPSA) is 29.1 Å². The standard InChI is InChI=1S/C12H22ClNO/c1-9(2)11(7-8-13)14-12(15)10-5-3-4-6-10/h9-11H,3-8H2,1-2H3,(H,14,15). The van der Waals surface area contributed by atoms with Crippen LogP contribution < -0.4 is 5.32 Å². The first-order chi connectivity index (χ1) is 7.15. The molecule has 1 fully saturated rings. The summed E-state index contributed by atoms with van der Waals surface area (Å²) in [6.07, 6.45) is 5.42. The first kappa shape index (κ1) is 12.8. The number of hydrogen-bond acceptors (Lipinski definition) is 1. The van der Waals surface area contributed by atoms with Crippen molar-refractivity contribution in [2.24, 2.45) is 11.8 Å². The Hall–Kier alpha value is -0.240. The van der Waals surface area contributed by atoms with Gasteiger partial charge in [0.15, 0.2) is 0 Å². The zero-order valence-corrected chi connectivity index (χ0v) is 10.5. The van der Waals surface area contributed by atoms with Crippen molar-refractivity contribution in [2.75, 3.05) is 5.88 Å². The van der Waals surface area contributed by atoms with E-state index in [0.29, 0.717) is 11.8 Å². The largest absolute Gasteiger partial charge is 0.353 e. The van der Waals surface area contributed by atoms with Crippen molar-refractivity contribution in [3.8, 4) is 0 Å². The normalized spacial score (nSPS) is 19.5. The molecule has 1 unspecified atom stereocenters. The monoisotopic (exact) mass is 231 g/mol. The smallest absolute Gasteiger partial charge is 0.223 e. The van der Waals surface area contributed by atoms with Crippen LogP contribution in [0.1, 0.15) is 46.0 Å². The van der Waals surface area contributed by atoms with E-state index in [9.17, 15) is 4.79 Å². The molecule has 1 saturated carbocycles. The number of hydrogen-bond donors (Lipinski definition) is 1. The SMILES string of the molecule is CC(C)C(CCCl)NC(=O)C1CCCC1. The van der Waals surface area contributed by atoms with Gasteiger partial charge in [-0.05, 0) is 25.2 Å². The quantitative estimate of drug-likeness (QED) is 0.725. The number of alkyl halides is 1. The van der Waals surface area contributed by atoms with E-state index in [1.165, 1.54) is 12.8 Å². The maximum absolute atomic E-state index is 11.9. The number of carbonyl (C=O) groups excluding carboxylic acids is 1. The highest BCUT2D eigenvalue weighted by molar-refractivity contribution is 6.17. The zero-order valence-electron chi connectivity index (χ0n) is 9.76. The summed E-state index contributed by atoms with van der Waals surface area (Å²) in [6, 6.07) is 0.246. The van der Waals surface area contributed by atoms with Crippen LogP contribution in [0.2, 0.25) is 0 Å². The van der Waals surface area contributed by atoms with Crippen LogP contribution in [-0.4, -0.2) is 17.8 Å². The van der Waals surface area contributed by atoms with Gasteiger partial charge in [-0.1, -0.05) is 26.7 Å². The van der Waals surface area contributed by atoms with E-state index >= 15 is 0 Å². The molecule has 0 aromatic rings. The number of nitrogens with one attached hydrogen (secondary N) is 1. The Morgan fingerprint density at radius 2 is 2.00 bits per heavy atom. The molecule has 1 atom stereocenters. The molecular weight excluding hydrogens is 210 g/mol. The summed E-state index contributed by atoms with van der Waals surface area (Å²) in [4.78, 5) is 11.9. The van der Waals surface area contributed by atoms with Crippen molar-refractivity contribution in [3.05, 3.63) is 0 Å². The van der Waals surface area contributed by atoms with Crippen molar-refractivity contribution < 1.29 is 4.79 Å². The number of halogens is 1. The van der Waals surface area contributed by atoms with Gasteiger partial charge in [0.25, 0.3) is 0 Å². The molecule has 15 heavy (non-hydrogen) atoms. The molecule has 0 aromatic heterocycles. The van der Waals surface area contributed by atoms with E-state index < -0.39 is 0 Å². The Labute approximate surface area is 97.8 Å². The van der Waals surface area contributed by atoms with Gasteiger partial charge >= 0.3 is 0 Å². The Kier molecular flexibility index (Phi) is 5.44. The highest BCUT2D eigenvalue weighted by Gasteiger charge is 2.25. The second-order valence-corrected chi connectivity index (χ2v) is 5.20. The molecule has 1 N–H and O–H groups in total. The van der Waals surface area contributed by atoms with Gasteiger partial charge in [0, 0.05) is 17.8 Å². The van der Waals surface area contributed by atoms with Crippen molar-refractivity contribution in [3.63, 3.8) is 0 Å². The van der Waals surface area contributed by atoms with Gasteiger partial charge in [0.1, 0.15) is 0 Å². The minimum Gasteiger partial charge on any atom is -0.353 e. The molecule has 88 valence electrons. The van der Waals surface area contributed by atoms with E-state index in [-0.39, 0.29) is 17.9 Å². The maximum atomic E-state index is 11.9. The van der Waals surface area contributed by atoms with Crippen molar-refractivity contribution in [1.29, 1.82) is 0 Å². The third kappa shape index (κ3) is 4.02. The molecule has 0 aliphatic heterocycles. The number of carbonyl (C=O) groups is 1. The summed E-state index contributed by atoms with van der Waals surface area (Å²) < 4.78 is 0. The lowest BCUT2D eigenvalue weighted by Crippen LogP contribution is -2.41. The predicted molar refractivity (Wildman–Crippen MR) is 64.1 cm³/mol. The van der Waals surface area contributed by atoms with Crippen molar-refractivity contribution >= 4 is 17.5 Å². The molecule has 0 saturated heterocycles. The second-order valence-electron chi connectivity index (χ2n) is 4.82. The van der Waals surface area contributed by atoms with Gasteiger partial charge in [0.05, 0.1) is 0 Å². The fraction of sp³-hybridized carbons (Fsp3) is 0.917. The molecule has 0 spiro atoms. The van der Waals surface area contributed by atoms with Crippen LogP contribution in [0.5, 0.6) is 0 Å². The highest BCUT2D eigenvalue weighted by atomic mass is 35.5. The third-order valence-corrected chi connectivity index (χ3v) is 3.50. The Balaban J connectivity index is 2.38. The molecule has 2 nitrogen and oxygen atoms in total. The lowest BCUT2D eigenvalue weighted by Gasteiger charge is -2.23. The fourth-order valence-corrected chi connectivity index (χ4v) is 2.41. The second kappa shape index (κ2) is 6.37. The summed E-state index contributed by atoms with van der Waals surface area (Å²) in [7, 11) is 0. The highest BCUT2D eigenvalue weighted by Crippen LogP contribution is 2.25. The molecule has 1 amide bonds. The van der Waals surface area contributed by atoms with Gasteiger partial charge in [0.2, 0.25) is 5.91 Å². The van der Waals surface area contributed by atoms with Crippen LogP contribution in [0.25, 0.3) is 0 Å². The van der Waals surface area contributed by atoms with Crippen LogP contribution in [-0.2, 0) is 4.79 Å². The molecule has 0 heterocycles. The Morgan fingerprint density at radius 3 is 2.47 bits per heavy atom. The van der Waals surface area contributed by atoms with Crippen LogP contribution in [0.4, 0.5) is 0 Å². The van der Waals surface area contributed by atoms with Crippen LogP contribution >= 0.6 is 11.6 Å². The molecule has 0 radical (unpaired) electrons. The molecule has 1 aliphatic carbocycles. The van der Waals surface area contributed by atoms with Crippen molar-refractivity contribution in [2.45, 2.75) is 52.0 Å². The molecule has 1 aliphatic rings. The zero-order chi connectivity index (χ0) is 11.3. The molecule has 1 rings (SSSR count). The van der Waals surface area contributed by atoms with Crippen molar-refractivity contribution in [1.82, 2.24) is 5.32 Å². The Bertz CT molecular complexity index is 200. The van der Waals surface area contributed by atoms with Gasteiger partial charge in [-0.15, -0.1) is 11.6 Å². The van der Waals surface area contributed by atoms with E-state index in [1.54, 1.807) is 0 Å². The summed E-state index contributed by atoms with van der Waals surface area (Å²) in [5.74, 6) is 1.60. The molecule has 0 aromatic carbocycles. The average molecular weight is 232 g/mol. The molecule has 0 bridgehead atoms. The van der Waals surface area contributed by atoms with Crippen LogP contribution in [0, 0.1) is 11.8 Å². The summed E-state index contributed by atoms with van der Waals surface area (Å²) in [6.45, 7) is 4.26. The average Bonchev–Trinajstić information content (AvgIpc) is 2.69. The first-order valence-corrected chi connectivity index (χ1v) is 6.55. The molecular formula is C12H22ClNO. The van der Waals surface area contributed by atoms with Gasteiger partial charge in [-0.25, -0.2) is 0 Å². The minimum absolute atomic E-state index is 0.246.